The number of carboxylic acids is 1. The molecule has 0 saturated carbocycles. The number of aliphatic carboxylic acids is 1. The highest BCUT2D eigenvalue weighted by Crippen LogP contribution is 2.19. The molecule has 1 N–H and O–H groups in total. The van der Waals surface area contributed by atoms with Gasteiger partial charge in [-0.3, -0.25) is 4.79 Å². The second kappa shape index (κ2) is 4.02. The van der Waals surface area contributed by atoms with Crippen LogP contribution in [0.2, 0.25) is 0 Å². The van der Waals surface area contributed by atoms with Gasteiger partial charge in [-0.1, -0.05) is 0 Å². The van der Waals surface area contributed by atoms with Crippen LogP contribution in [0, 0.1) is 5.41 Å². The van der Waals surface area contributed by atoms with Gasteiger partial charge in [0.15, 0.2) is 6.54 Å². The summed E-state index contributed by atoms with van der Waals surface area (Å²) in [5.41, 5.74) is -0.773. The van der Waals surface area contributed by atoms with Gasteiger partial charge in [0.25, 0.3) is 0 Å². The first-order chi connectivity index (χ1) is 5.40. The molecular weight excluding hydrogens is 158 g/mol. The SMILES string of the molecule is C[N+](=C=O)CCC(C)(C)C(=O)O. The van der Waals surface area contributed by atoms with Crippen LogP contribution in [0.3, 0.4) is 0 Å². The number of carboxylic acid groups (broad SMARTS) is 1. The van der Waals surface area contributed by atoms with E-state index < -0.39 is 11.4 Å². The minimum atomic E-state index is -0.846. The first kappa shape index (κ1) is 10.8. The van der Waals surface area contributed by atoms with Crippen LogP contribution in [0.4, 0.5) is 0 Å². The smallest absolute Gasteiger partial charge is 0.423 e. The van der Waals surface area contributed by atoms with E-state index in [4.69, 9.17) is 5.11 Å². The maximum Gasteiger partial charge on any atom is 0.423 e. The largest absolute Gasteiger partial charge is 0.481 e. The van der Waals surface area contributed by atoms with E-state index in [1.807, 2.05) is 0 Å². The number of isocyanates is 1. The third kappa shape index (κ3) is 3.30. The molecule has 0 amide bonds. The van der Waals surface area contributed by atoms with Gasteiger partial charge >= 0.3 is 12.0 Å². The van der Waals surface area contributed by atoms with Gasteiger partial charge in [-0.2, -0.15) is 9.37 Å². The molecule has 0 spiro atoms. The van der Waals surface area contributed by atoms with Crippen molar-refractivity contribution in [3.63, 3.8) is 0 Å². The third-order valence-corrected chi connectivity index (χ3v) is 1.81. The molecule has 0 heterocycles. The van der Waals surface area contributed by atoms with Gasteiger partial charge in [-0.15, -0.1) is 0 Å². The summed E-state index contributed by atoms with van der Waals surface area (Å²) in [6.45, 7) is 3.69. The number of hydrogen-bond donors (Lipinski definition) is 1. The van der Waals surface area contributed by atoms with Gasteiger partial charge in [0.2, 0.25) is 0 Å². The van der Waals surface area contributed by atoms with Crippen LogP contribution in [0.1, 0.15) is 20.3 Å². The third-order valence-electron chi connectivity index (χ3n) is 1.81. The molecule has 0 fully saturated rings. The number of carbonyl (C=O) groups is 1. The van der Waals surface area contributed by atoms with Gasteiger partial charge in [-0.25, -0.2) is 0 Å². The Balaban J connectivity index is 4.09. The lowest BCUT2D eigenvalue weighted by Gasteiger charge is -2.15. The highest BCUT2D eigenvalue weighted by molar-refractivity contribution is 5.73. The second-order valence-electron chi connectivity index (χ2n) is 3.45. The summed E-state index contributed by atoms with van der Waals surface area (Å²) < 4.78 is 1.31. The van der Waals surface area contributed by atoms with Crippen molar-refractivity contribution in [2.45, 2.75) is 20.3 Å². The Bertz CT molecular complexity index is 226. The minimum Gasteiger partial charge on any atom is -0.481 e. The quantitative estimate of drug-likeness (QED) is 0.381. The first-order valence-corrected chi connectivity index (χ1v) is 3.72. The summed E-state index contributed by atoms with van der Waals surface area (Å²) in [7, 11) is 1.57. The Morgan fingerprint density at radius 1 is 1.58 bits per heavy atom. The first-order valence-electron chi connectivity index (χ1n) is 3.72. The Hall–Kier alpha value is -1.15. The van der Waals surface area contributed by atoms with Crippen molar-refractivity contribution in [1.82, 2.24) is 0 Å². The van der Waals surface area contributed by atoms with Crippen molar-refractivity contribution in [2.75, 3.05) is 13.6 Å². The van der Waals surface area contributed by atoms with E-state index in [9.17, 15) is 9.59 Å². The van der Waals surface area contributed by atoms with Crippen LogP contribution < -0.4 is 0 Å². The van der Waals surface area contributed by atoms with Crippen molar-refractivity contribution in [2.24, 2.45) is 5.41 Å². The van der Waals surface area contributed by atoms with Crippen molar-refractivity contribution in [1.29, 1.82) is 0 Å². The summed E-state index contributed by atoms with van der Waals surface area (Å²) in [5.74, 6) is -0.846. The fourth-order valence-electron chi connectivity index (χ4n) is 0.600. The monoisotopic (exact) mass is 172 g/mol. The number of hydrogen-bond acceptors (Lipinski definition) is 2. The highest BCUT2D eigenvalue weighted by atomic mass is 16.4. The van der Waals surface area contributed by atoms with Crippen LogP contribution in [0.25, 0.3) is 0 Å². The number of nitrogens with zero attached hydrogens (tertiary/aromatic N) is 1. The maximum atomic E-state index is 10.6. The molecule has 0 aromatic heterocycles. The van der Waals surface area contributed by atoms with Gasteiger partial charge < -0.3 is 5.11 Å². The molecule has 0 unspecified atom stereocenters. The van der Waals surface area contributed by atoms with Crippen LogP contribution in [-0.2, 0) is 9.59 Å². The van der Waals surface area contributed by atoms with E-state index >= 15 is 0 Å². The minimum absolute atomic E-state index is 0.419. The molecule has 68 valence electrons. The zero-order valence-corrected chi connectivity index (χ0v) is 7.63. The van der Waals surface area contributed by atoms with Gasteiger partial charge in [-0.05, 0) is 13.8 Å². The van der Waals surface area contributed by atoms with Crippen LogP contribution in [-0.4, -0.2) is 35.3 Å². The number of carbonyl (C=O) groups excluding carboxylic acids is 1. The molecule has 0 aliphatic rings. The van der Waals surface area contributed by atoms with Gasteiger partial charge in [0, 0.05) is 6.42 Å². The molecular formula is C8H14NO3+. The predicted octanol–water partition coefficient (Wildman–Crippen LogP) is 0.465. The molecule has 0 radical (unpaired) electrons. The molecule has 0 saturated heterocycles. The average molecular weight is 172 g/mol. The van der Waals surface area contributed by atoms with Crippen molar-refractivity contribution in [3.05, 3.63) is 0 Å². The molecule has 4 nitrogen and oxygen atoms in total. The summed E-state index contributed by atoms with van der Waals surface area (Å²) >= 11 is 0. The Kier molecular flexibility index (Phi) is 3.64. The lowest BCUT2D eigenvalue weighted by Crippen LogP contribution is -2.27. The van der Waals surface area contributed by atoms with Crippen LogP contribution >= 0.6 is 0 Å². The maximum absolute atomic E-state index is 10.6. The molecule has 0 aromatic carbocycles. The Morgan fingerprint density at radius 3 is 2.42 bits per heavy atom. The van der Waals surface area contributed by atoms with Crippen molar-refractivity contribution in [3.8, 4) is 0 Å². The lowest BCUT2D eigenvalue weighted by molar-refractivity contribution is -0.496. The molecule has 0 aliphatic carbocycles. The molecule has 12 heavy (non-hydrogen) atoms. The summed E-state index contributed by atoms with van der Waals surface area (Å²) in [4.78, 5) is 20.6. The standard InChI is InChI=1S/C8H13NO3/c1-8(2,7(11)12)4-5-9(3)6-10/h4-5H2,1-3H3/p+1. The summed E-state index contributed by atoms with van der Waals surface area (Å²) in [6, 6.07) is 0. The van der Waals surface area contributed by atoms with Crippen LogP contribution in [0.5, 0.6) is 0 Å². The summed E-state index contributed by atoms with van der Waals surface area (Å²) in [6.07, 6.45) is 2.11. The van der Waals surface area contributed by atoms with E-state index in [1.54, 1.807) is 27.0 Å². The molecule has 0 rings (SSSR count). The topological polar surface area (TPSA) is 57.4 Å². The van der Waals surface area contributed by atoms with Crippen LogP contribution in [0.15, 0.2) is 0 Å². The van der Waals surface area contributed by atoms with Crippen molar-refractivity contribution >= 4 is 12.0 Å². The second-order valence-corrected chi connectivity index (χ2v) is 3.45. The Labute approximate surface area is 71.5 Å². The zero-order valence-electron chi connectivity index (χ0n) is 7.63. The average Bonchev–Trinajstić information content (AvgIpc) is 2.00. The fraction of sp³-hybridized carbons (Fsp3) is 0.750. The molecule has 0 aliphatic heterocycles. The normalized spacial score (nSPS) is 10.6. The summed E-state index contributed by atoms with van der Waals surface area (Å²) in [5, 5.41) is 8.71. The molecule has 0 aromatic rings. The zero-order chi connectivity index (χ0) is 9.78. The lowest BCUT2D eigenvalue weighted by atomic mass is 9.90. The van der Waals surface area contributed by atoms with E-state index in [-0.39, 0.29) is 0 Å². The Morgan fingerprint density at radius 2 is 2.08 bits per heavy atom. The highest BCUT2D eigenvalue weighted by Gasteiger charge is 2.28. The molecule has 0 atom stereocenters. The van der Waals surface area contributed by atoms with E-state index in [1.165, 1.54) is 4.58 Å². The van der Waals surface area contributed by atoms with E-state index in [0.29, 0.717) is 13.0 Å². The molecule has 4 heteroatoms. The van der Waals surface area contributed by atoms with Crippen molar-refractivity contribution < 1.29 is 19.3 Å². The van der Waals surface area contributed by atoms with Gasteiger partial charge in [0.1, 0.15) is 7.05 Å². The van der Waals surface area contributed by atoms with E-state index in [0.717, 1.165) is 0 Å². The molecule has 0 bridgehead atoms. The fourth-order valence-corrected chi connectivity index (χ4v) is 0.600. The van der Waals surface area contributed by atoms with Gasteiger partial charge in [0.05, 0.1) is 5.41 Å². The predicted molar refractivity (Wildman–Crippen MR) is 42.8 cm³/mol. The van der Waals surface area contributed by atoms with E-state index in [2.05, 4.69) is 0 Å². The number of rotatable bonds is 4.